The van der Waals surface area contributed by atoms with Crippen molar-refractivity contribution < 1.29 is 19.1 Å². The largest absolute Gasteiger partial charge is 0.495 e. The van der Waals surface area contributed by atoms with Crippen LogP contribution in [-0.4, -0.2) is 62.2 Å². The second-order valence-electron chi connectivity index (χ2n) is 7.55. The van der Waals surface area contributed by atoms with E-state index in [2.05, 4.69) is 5.32 Å². The zero-order valence-electron chi connectivity index (χ0n) is 18.1. The number of aldehydes is 1. The number of hydrogen-bond acceptors (Lipinski definition) is 5. The van der Waals surface area contributed by atoms with Gasteiger partial charge in [-0.1, -0.05) is 36.4 Å². The first-order valence-electron chi connectivity index (χ1n) is 10.1. The molecule has 1 heterocycles. The van der Waals surface area contributed by atoms with E-state index < -0.39 is 0 Å². The maximum Gasteiger partial charge on any atom is 0.270 e. The van der Waals surface area contributed by atoms with Crippen molar-refractivity contribution in [3.8, 4) is 16.9 Å². The van der Waals surface area contributed by atoms with Crippen LogP contribution < -0.4 is 10.1 Å². The van der Waals surface area contributed by atoms with Gasteiger partial charge in [0.15, 0.2) is 0 Å². The lowest BCUT2D eigenvalue weighted by Crippen LogP contribution is -2.42. The first-order valence-corrected chi connectivity index (χ1v) is 10.1. The maximum absolute atomic E-state index is 12.8. The summed E-state index contributed by atoms with van der Waals surface area (Å²) in [7, 11) is 4.81. The number of amides is 2. The summed E-state index contributed by atoms with van der Waals surface area (Å²) in [6.45, 7) is 0.500. The predicted molar refractivity (Wildman–Crippen MR) is 120 cm³/mol. The van der Waals surface area contributed by atoms with E-state index in [1.807, 2.05) is 42.5 Å². The van der Waals surface area contributed by atoms with Crippen LogP contribution in [0.4, 0.5) is 5.69 Å². The number of hydrogen-bond donors (Lipinski definition) is 1. The van der Waals surface area contributed by atoms with E-state index >= 15 is 0 Å². The van der Waals surface area contributed by atoms with E-state index in [0.717, 1.165) is 11.1 Å². The molecular weight excluding hydrogens is 394 g/mol. The fourth-order valence-electron chi connectivity index (χ4n) is 3.62. The third kappa shape index (κ3) is 5.12. The number of anilines is 1. The molecule has 0 spiro atoms. The van der Waals surface area contributed by atoms with Crippen molar-refractivity contribution in [3.05, 3.63) is 59.8 Å². The molecule has 2 aromatic rings. The van der Waals surface area contributed by atoms with Crippen molar-refractivity contribution in [2.24, 2.45) is 0 Å². The van der Waals surface area contributed by atoms with Crippen LogP contribution in [-0.2, 0) is 14.4 Å². The summed E-state index contributed by atoms with van der Waals surface area (Å²) in [5, 5.41) is 2.87. The summed E-state index contributed by atoms with van der Waals surface area (Å²) in [5.74, 6) is -0.0246. The van der Waals surface area contributed by atoms with Crippen LogP contribution in [0.2, 0.25) is 0 Å². The summed E-state index contributed by atoms with van der Waals surface area (Å²) in [4.78, 5) is 40.0. The second-order valence-corrected chi connectivity index (χ2v) is 7.55. The lowest BCUT2D eigenvalue weighted by Gasteiger charge is -2.32. The highest BCUT2D eigenvalue weighted by molar-refractivity contribution is 6.00. The Morgan fingerprint density at radius 2 is 1.87 bits per heavy atom. The molecule has 0 saturated carbocycles. The van der Waals surface area contributed by atoms with E-state index in [4.69, 9.17) is 4.74 Å². The van der Waals surface area contributed by atoms with Gasteiger partial charge in [-0.2, -0.15) is 0 Å². The Morgan fingerprint density at radius 3 is 2.52 bits per heavy atom. The van der Waals surface area contributed by atoms with Crippen molar-refractivity contribution >= 4 is 23.8 Å². The van der Waals surface area contributed by atoms with Gasteiger partial charge in [-0.15, -0.1) is 0 Å². The van der Waals surface area contributed by atoms with Gasteiger partial charge in [-0.25, -0.2) is 0 Å². The summed E-state index contributed by atoms with van der Waals surface area (Å²) < 4.78 is 5.48. The van der Waals surface area contributed by atoms with Gasteiger partial charge in [0.1, 0.15) is 17.7 Å². The molecule has 0 saturated heterocycles. The summed E-state index contributed by atoms with van der Waals surface area (Å²) in [6.07, 6.45) is 1.96. The number of nitrogens with zero attached hydrogens (tertiary/aromatic N) is 2. The van der Waals surface area contributed by atoms with Crippen molar-refractivity contribution in [2.45, 2.75) is 12.8 Å². The van der Waals surface area contributed by atoms with Crippen LogP contribution >= 0.6 is 0 Å². The van der Waals surface area contributed by atoms with Crippen LogP contribution in [0.15, 0.2) is 59.8 Å². The molecular formula is C24H27N3O4. The highest BCUT2D eigenvalue weighted by Gasteiger charge is 2.28. The van der Waals surface area contributed by atoms with Gasteiger partial charge in [0, 0.05) is 26.2 Å². The summed E-state index contributed by atoms with van der Waals surface area (Å²) in [6, 6.07) is 15.5. The minimum absolute atomic E-state index is 0.0319. The van der Waals surface area contributed by atoms with Crippen LogP contribution in [0.1, 0.15) is 12.8 Å². The van der Waals surface area contributed by atoms with Crippen molar-refractivity contribution in [3.63, 3.8) is 0 Å². The zero-order valence-corrected chi connectivity index (χ0v) is 18.1. The van der Waals surface area contributed by atoms with Crippen LogP contribution in [0.25, 0.3) is 11.1 Å². The van der Waals surface area contributed by atoms with Crippen LogP contribution in [0.3, 0.4) is 0 Å². The number of ether oxygens (including phenoxy) is 1. The van der Waals surface area contributed by atoms with E-state index in [1.54, 1.807) is 32.2 Å². The van der Waals surface area contributed by atoms with Gasteiger partial charge in [0.05, 0.1) is 19.3 Å². The van der Waals surface area contributed by atoms with Gasteiger partial charge in [0.2, 0.25) is 5.91 Å². The average molecular weight is 421 g/mol. The van der Waals surface area contributed by atoms with Gasteiger partial charge in [0.25, 0.3) is 5.91 Å². The van der Waals surface area contributed by atoms with Gasteiger partial charge in [-0.3, -0.25) is 14.4 Å². The number of carbonyl (C=O) groups excluding carboxylic acids is 3. The molecule has 0 fully saturated rings. The fourth-order valence-corrected chi connectivity index (χ4v) is 3.62. The standard InChI is InChI=1S/C24H27N3O4/c1-26(2)24(30)23-19(16-28)10-7-13-27(23)15-22(29)25-20-12-11-18(14-21(20)31-3)17-8-5-4-6-9-17/h4-6,8-9,11-12,14,16H,7,10,13,15H2,1-3H3,(H,25,29). The highest BCUT2D eigenvalue weighted by atomic mass is 16.5. The number of nitrogens with one attached hydrogen (secondary N) is 1. The molecule has 7 nitrogen and oxygen atoms in total. The minimum atomic E-state index is -0.290. The molecule has 7 heteroatoms. The van der Waals surface area contributed by atoms with Crippen molar-refractivity contribution in [1.82, 2.24) is 9.80 Å². The number of likely N-dealkylation sites (N-methyl/N-ethyl adjacent to an activating group) is 1. The molecule has 0 bridgehead atoms. The predicted octanol–water partition coefficient (Wildman–Crippen LogP) is 2.94. The number of allylic oxidation sites excluding steroid dienone is 1. The van der Waals surface area contributed by atoms with Crippen molar-refractivity contribution in [2.75, 3.05) is 39.6 Å². The third-order valence-corrected chi connectivity index (χ3v) is 5.16. The molecule has 2 aromatic carbocycles. The first-order chi connectivity index (χ1) is 14.9. The number of rotatable bonds is 7. The van der Waals surface area contributed by atoms with E-state index in [9.17, 15) is 14.4 Å². The molecule has 162 valence electrons. The smallest absolute Gasteiger partial charge is 0.270 e. The monoisotopic (exact) mass is 421 g/mol. The molecule has 2 amide bonds. The Kier molecular flexibility index (Phi) is 7.07. The molecule has 0 unspecified atom stereocenters. The zero-order chi connectivity index (χ0) is 22.4. The molecule has 1 aliphatic rings. The Morgan fingerprint density at radius 1 is 1.13 bits per heavy atom. The number of benzene rings is 2. The SMILES string of the molecule is COc1cc(-c2ccccc2)ccc1NC(=O)CN1CCCC(C=O)=C1C(=O)N(C)C. The first kappa shape index (κ1) is 22.1. The molecule has 0 aliphatic carbocycles. The number of carbonyl (C=O) groups is 3. The Balaban J connectivity index is 1.78. The molecule has 0 aromatic heterocycles. The van der Waals surface area contributed by atoms with Gasteiger partial charge in [-0.05, 0) is 36.1 Å². The Bertz CT molecular complexity index is 999. The molecule has 0 radical (unpaired) electrons. The molecule has 1 N–H and O–H groups in total. The summed E-state index contributed by atoms with van der Waals surface area (Å²) >= 11 is 0. The quantitative estimate of drug-likeness (QED) is 0.696. The third-order valence-electron chi connectivity index (χ3n) is 5.16. The number of methoxy groups -OCH3 is 1. The Hall–Kier alpha value is -3.61. The lowest BCUT2D eigenvalue weighted by molar-refractivity contribution is -0.127. The normalized spacial score (nSPS) is 13.6. The topological polar surface area (TPSA) is 79.0 Å². The van der Waals surface area contributed by atoms with Crippen LogP contribution in [0, 0.1) is 0 Å². The fraction of sp³-hybridized carbons (Fsp3) is 0.292. The average Bonchev–Trinajstić information content (AvgIpc) is 2.79. The van der Waals surface area contributed by atoms with Gasteiger partial charge < -0.3 is 19.9 Å². The molecule has 3 rings (SSSR count). The minimum Gasteiger partial charge on any atom is -0.495 e. The molecule has 0 atom stereocenters. The highest BCUT2D eigenvalue weighted by Crippen LogP contribution is 2.31. The maximum atomic E-state index is 12.8. The lowest BCUT2D eigenvalue weighted by atomic mass is 10.0. The van der Waals surface area contributed by atoms with Crippen LogP contribution in [0.5, 0.6) is 5.75 Å². The van der Waals surface area contributed by atoms with Gasteiger partial charge >= 0.3 is 0 Å². The Labute approximate surface area is 182 Å². The molecule has 31 heavy (non-hydrogen) atoms. The van der Waals surface area contributed by atoms with Crippen molar-refractivity contribution in [1.29, 1.82) is 0 Å². The molecule has 1 aliphatic heterocycles. The van der Waals surface area contributed by atoms with E-state index in [-0.39, 0.29) is 18.4 Å². The van der Waals surface area contributed by atoms with E-state index in [1.165, 1.54) is 4.90 Å². The second kappa shape index (κ2) is 9.93. The summed E-state index contributed by atoms with van der Waals surface area (Å²) in [5.41, 5.74) is 3.30. The van der Waals surface area contributed by atoms with E-state index in [0.29, 0.717) is 48.4 Å².